The Kier molecular flexibility index (Phi) is 9.19. The zero-order chi connectivity index (χ0) is 44.6. The van der Waals surface area contributed by atoms with Crippen LogP contribution in [0.1, 0.15) is 18.1 Å². The normalized spacial score (nSPS) is 12.0. The van der Waals surface area contributed by atoms with Gasteiger partial charge in [-0.3, -0.25) is 0 Å². The molecule has 0 saturated carbocycles. The lowest BCUT2D eigenvalue weighted by Crippen LogP contribution is -2.13. The van der Waals surface area contributed by atoms with Crippen LogP contribution in [0.5, 0.6) is 0 Å². The molecule has 1 aromatic heterocycles. The van der Waals surface area contributed by atoms with Crippen LogP contribution < -0.4 is 9.80 Å². The van der Waals surface area contributed by atoms with Gasteiger partial charge in [0.1, 0.15) is 0 Å². The summed E-state index contributed by atoms with van der Waals surface area (Å²) in [6.45, 7) is 4.38. The average molecular weight is 873 g/mol. The van der Waals surface area contributed by atoms with Crippen LogP contribution in [0.25, 0.3) is 91.2 Å². The quantitative estimate of drug-likeness (QED) is 0.140. The highest BCUT2D eigenvalue weighted by molar-refractivity contribution is 7.26. The van der Waals surface area contributed by atoms with Crippen molar-refractivity contribution in [2.24, 2.45) is 0 Å². The fraction of sp³-hybridized carbons (Fsp3) is 0.0312. The summed E-state index contributed by atoms with van der Waals surface area (Å²) in [7, 11) is 0. The van der Waals surface area contributed by atoms with E-state index in [2.05, 4.69) is 254 Å². The van der Waals surface area contributed by atoms with Gasteiger partial charge in [-0.25, -0.2) is 0 Å². The van der Waals surface area contributed by atoms with Gasteiger partial charge >= 0.3 is 0 Å². The molecule has 0 spiro atoms. The van der Waals surface area contributed by atoms with E-state index in [1.165, 1.54) is 102 Å². The molecule has 3 heteroatoms. The Morgan fingerprint density at radius 2 is 0.806 bits per heavy atom. The first-order valence-electron chi connectivity index (χ1n) is 23.1. The second kappa shape index (κ2) is 15.7. The minimum Gasteiger partial charge on any atom is -0.309 e. The second-order valence-electron chi connectivity index (χ2n) is 17.5. The van der Waals surface area contributed by atoms with Gasteiger partial charge in [-0.15, -0.1) is 11.3 Å². The standard InChI is InChI=1S/C64H44N2S/c1-3-16-42-17-4-7-22-48(42)47-26-14-28-55(41(47)2)65(56-29-12-20-43-18-5-8-23-49(43)56)58-39-35-45-34-38-54-59(40-36-46-33-37-53(58)62(45)63(46)54)66(57-30-13-21-44-19-6-9-24-50(44)57)60-31-15-27-52-51-25-10-11-32-61(51)67-64(52)60/h3-40H,1-2H3/b16-3+. The first-order chi connectivity index (χ1) is 33.1. The Balaban J connectivity index is 1.09. The number of hydrogen-bond donors (Lipinski definition) is 0. The van der Waals surface area contributed by atoms with Crippen LogP contribution in [0.15, 0.2) is 224 Å². The largest absolute Gasteiger partial charge is 0.309 e. The van der Waals surface area contributed by atoms with Crippen LogP contribution in [0.2, 0.25) is 0 Å². The van der Waals surface area contributed by atoms with Crippen molar-refractivity contribution >= 4 is 126 Å². The van der Waals surface area contributed by atoms with Gasteiger partial charge in [0.15, 0.2) is 0 Å². The van der Waals surface area contributed by atoms with E-state index in [9.17, 15) is 0 Å². The third-order valence-electron chi connectivity index (χ3n) is 13.9. The molecule has 12 aromatic carbocycles. The van der Waals surface area contributed by atoms with E-state index in [1.807, 2.05) is 11.3 Å². The highest BCUT2D eigenvalue weighted by Gasteiger charge is 2.26. The predicted molar refractivity (Wildman–Crippen MR) is 292 cm³/mol. The second-order valence-corrected chi connectivity index (χ2v) is 18.6. The summed E-state index contributed by atoms with van der Waals surface area (Å²) < 4.78 is 2.57. The predicted octanol–water partition coefficient (Wildman–Crippen LogP) is 19.2. The number of hydrogen-bond acceptors (Lipinski definition) is 3. The number of anilines is 6. The number of thiophene rings is 1. The summed E-state index contributed by atoms with van der Waals surface area (Å²) in [5.41, 5.74) is 11.8. The van der Waals surface area contributed by atoms with Gasteiger partial charge < -0.3 is 9.80 Å². The minimum atomic E-state index is 1.14. The SMILES string of the molecule is C/C=C/c1ccccc1-c1cccc(N(c2cccc3ccccc23)c2ccc3ccc4c(N(c5cccc6ccccc56)c5cccc6c5sc5ccccc56)ccc5ccc2c3c54)c1C. The molecule has 0 atom stereocenters. The molecule has 0 bridgehead atoms. The topological polar surface area (TPSA) is 6.48 Å². The van der Waals surface area contributed by atoms with Gasteiger partial charge in [-0.05, 0) is 111 Å². The Hall–Kier alpha value is -8.24. The number of fused-ring (bicyclic) bond motifs is 5. The van der Waals surface area contributed by atoms with Crippen molar-refractivity contribution in [1.29, 1.82) is 0 Å². The molecule has 0 radical (unpaired) electrons. The first-order valence-corrected chi connectivity index (χ1v) is 23.9. The summed E-state index contributed by atoms with van der Waals surface area (Å²) in [4.78, 5) is 5.06. The van der Waals surface area contributed by atoms with E-state index in [4.69, 9.17) is 0 Å². The highest BCUT2D eigenvalue weighted by atomic mass is 32.1. The summed E-state index contributed by atoms with van der Waals surface area (Å²) in [6, 6.07) is 80.9. The molecule has 0 unspecified atom stereocenters. The molecule has 2 nitrogen and oxygen atoms in total. The maximum Gasteiger partial charge on any atom is 0.0640 e. The number of nitrogens with zero attached hydrogens (tertiary/aromatic N) is 2. The molecule has 67 heavy (non-hydrogen) atoms. The van der Waals surface area contributed by atoms with Crippen molar-refractivity contribution in [3.63, 3.8) is 0 Å². The molecule has 13 rings (SSSR count). The Morgan fingerprint density at radius 1 is 0.343 bits per heavy atom. The fourth-order valence-corrected chi connectivity index (χ4v) is 12.1. The molecule has 0 N–H and O–H groups in total. The van der Waals surface area contributed by atoms with E-state index in [0.717, 1.165) is 28.4 Å². The van der Waals surface area contributed by atoms with Gasteiger partial charge in [-0.1, -0.05) is 188 Å². The van der Waals surface area contributed by atoms with Gasteiger partial charge in [0.25, 0.3) is 0 Å². The smallest absolute Gasteiger partial charge is 0.0640 e. The van der Waals surface area contributed by atoms with Crippen LogP contribution in [-0.4, -0.2) is 0 Å². The van der Waals surface area contributed by atoms with Crippen molar-refractivity contribution in [3.8, 4) is 11.1 Å². The van der Waals surface area contributed by atoms with Crippen molar-refractivity contribution in [3.05, 3.63) is 236 Å². The van der Waals surface area contributed by atoms with Crippen molar-refractivity contribution in [1.82, 2.24) is 0 Å². The van der Waals surface area contributed by atoms with Gasteiger partial charge in [0.2, 0.25) is 0 Å². The molecular weight excluding hydrogens is 829 g/mol. The van der Waals surface area contributed by atoms with E-state index in [0.29, 0.717) is 0 Å². The minimum absolute atomic E-state index is 1.14. The molecule has 0 saturated heterocycles. The number of benzene rings is 12. The van der Waals surface area contributed by atoms with Gasteiger partial charge in [-0.2, -0.15) is 0 Å². The van der Waals surface area contributed by atoms with Crippen molar-refractivity contribution < 1.29 is 0 Å². The van der Waals surface area contributed by atoms with Crippen molar-refractivity contribution in [2.75, 3.05) is 9.80 Å². The van der Waals surface area contributed by atoms with Crippen LogP contribution in [0, 0.1) is 6.92 Å². The summed E-state index contributed by atoms with van der Waals surface area (Å²) in [6.07, 6.45) is 4.34. The van der Waals surface area contributed by atoms with Crippen LogP contribution >= 0.6 is 11.3 Å². The Labute approximate surface area is 393 Å². The Morgan fingerprint density at radius 3 is 1.48 bits per heavy atom. The Bertz CT molecular complexity index is 4090. The van der Waals surface area contributed by atoms with E-state index < -0.39 is 0 Å². The molecule has 0 amide bonds. The van der Waals surface area contributed by atoms with Crippen LogP contribution in [0.3, 0.4) is 0 Å². The zero-order valence-corrected chi connectivity index (χ0v) is 38.1. The lowest BCUT2D eigenvalue weighted by Gasteiger charge is -2.31. The van der Waals surface area contributed by atoms with E-state index in [1.54, 1.807) is 0 Å². The maximum absolute atomic E-state index is 2.54. The third-order valence-corrected chi connectivity index (χ3v) is 15.1. The van der Waals surface area contributed by atoms with Crippen molar-refractivity contribution in [2.45, 2.75) is 13.8 Å². The molecule has 0 fully saturated rings. The molecule has 1 heterocycles. The van der Waals surface area contributed by atoms with Gasteiger partial charge in [0.05, 0.1) is 33.1 Å². The molecule has 0 aliphatic rings. The van der Waals surface area contributed by atoms with Crippen LogP contribution in [0.4, 0.5) is 34.1 Å². The number of allylic oxidation sites excluding steroid dienone is 1. The summed E-state index contributed by atoms with van der Waals surface area (Å²) in [5, 5.41) is 14.8. The molecule has 316 valence electrons. The highest BCUT2D eigenvalue weighted by Crippen LogP contribution is 2.52. The maximum atomic E-state index is 2.54. The molecule has 0 aliphatic heterocycles. The molecule has 13 aromatic rings. The third kappa shape index (κ3) is 6.16. The lowest BCUT2D eigenvalue weighted by atomic mass is 9.91. The van der Waals surface area contributed by atoms with Gasteiger partial charge in [0, 0.05) is 42.7 Å². The van der Waals surface area contributed by atoms with E-state index >= 15 is 0 Å². The monoisotopic (exact) mass is 872 g/mol. The summed E-state index contributed by atoms with van der Waals surface area (Å²) in [5.74, 6) is 0. The zero-order valence-electron chi connectivity index (χ0n) is 37.2. The molecule has 0 aliphatic carbocycles. The summed E-state index contributed by atoms with van der Waals surface area (Å²) >= 11 is 1.88. The first kappa shape index (κ1) is 39.2. The molecular formula is C64H44N2S. The fourth-order valence-electron chi connectivity index (χ4n) is 10.9. The van der Waals surface area contributed by atoms with E-state index in [-0.39, 0.29) is 0 Å². The number of rotatable bonds is 8. The lowest BCUT2D eigenvalue weighted by molar-refractivity contribution is 1.27. The average Bonchev–Trinajstić information content (AvgIpc) is 3.77. The van der Waals surface area contributed by atoms with Crippen LogP contribution in [-0.2, 0) is 0 Å².